The van der Waals surface area contributed by atoms with Crippen molar-refractivity contribution < 1.29 is 24.1 Å². The molecule has 5 heteroatoms. The van der Waals surface area contributed by atoms with Crippen LogP contribution in [0.15, 0.2) is 84.9 Å². The number of rotatable bonds is 10. The van der Waals surface area contributed by atoms with E-state index in [1.54, 1.807) is 7.11 Å². The summed E-state index contributed by atoms with van der Waals surface area (Å²) in [6.45, 7) is 1.37. The van der Waals surface area contributed by atoms with E-state index in [0.29, 0.717) is 32.7 Å². The minimum absolute atomic E-state index is 0.0955. The zero-order valence-electron chi connectivity index (χ0n) is 19.0. The van der Waals surface area contributed by atoms with E-state index in [1.807, 2.05) is 84.9 Å². The molecule has 1 aliphatic rings. The molecule has 4 atom stereocenters. The summed E-state index contributed by atoms with van der Waals surface area (Å²) in [4.78, 5) is 0. The molecular formula is C28H32O5. The number of ether oxygens (including phenoxy) is 4. The van der Waals surface area contributed by atoms with Crippen molar-refractivity contribution >= 4 is 0 Å². The maximum absolute atomic E-state index is 11.0. The molecule has 3 aromatic rings. The van der Waals surface area contributed by atoms with Gasteiger partial charge in [0.1, 0.15) is 11.9 Å². The van der Waals surface area contributed by atoms with Crippen LogP contribution in [-0.2, 0) is 34.0 Å². The van der Waals surface area contributed by atoms with Crippen LogP contribution in [0.5, 0.6) is 5.75 Å². The van der Waals surface area contributed by atoms with Crippen LogP contribution in [0.25, 0.3) is 0 Å². The predicted molar refractivity (Wildman–Crippen MR) is 127 cm³/mol. The molecular weight excluding hydrogens is 416 g/mol. The van der Waals surface area contributed by atoms with Crippen molar-refractivity contribution in [2.45, 2.75) is 57.1 Å². The molecule has 174 valence electrons. The van der Waals surface area contributed by atoms with Crippen molar-refractivity contribution in [2.75, 3.05) is 7.11 Å². The average Bonchev–Trinajstić information content (AvgIpc) is 2.87. The first-order valence-electron chi connectivity index (χ1n) is 11.4. The van der Waals surface area contributed by atoms with E-state index >= 15 is 0 Å². The third kappa shape index (κ3) is 6.89. The Labute approximate surface area is 195 Å². The lowest BCUT2D eigenvalue weighted by Crippen LogP contribution is -2.49. The normalized spacial score (nSPS) is 22.7. The highest BCUT2D eigenvalue weighted by atomic mass is 16.6. The van der Waals surface area contributed by atoms with Gasteiger partial charge < -0.3 is 24.1 Å². The summed E-state index contributed by atoms with van der Waals surface area (Å²) < 4.78 is 23.8. The van der Waals surface area contributed by atoms with E-state index in [-0.39, 0.29) is 12.2 Å². The van der Waals surface area contributed by atoms with Crippen LogP contribution in [0.2, 0.25) is 0 Å². The van der Waals surface area contributed by atoms with Crippen molar-refractivity contribution in [3.05, 3.63) is 102 Å². The fourth-order valence-corrected chi connectivity index (χ4v) is 4.14. The zero-order valence-corrected chi connectivity index (χ0v) is 19.0. The van der Waals surface area contributed by atoms with Crippen molar-refractivity contribution in [3.63, 3.8) is 0 Å². The third-order valence-corrected chi connectivity index (χ3v) is 5.98. The Bertz CT molecular complexity index is 945. The maximum Gasteiger partial charge on any atom is 0.118 e. The van der Waals surface area contributed by atoms with Crippen LogP contribution in [0.4, 0.5) is 0 Å². The largest absolute Gasteiger partial charge is 0.497 e. The van der Waals surface area contributed by atoms with E-state index in [2.05, 4.69) is 0 Å². The number of hydrogen-bond donors (Lipinski definition) is 1. The van der Waals surface area contributed by atoms with E-state index in [0.717, 1.165) is 22.4 Å². The van der Waals surface area contributed by atoms with Crippen molar-refractivity contribution in [1.29, 1.82) is 0 Å². The zero-order chi connectivity index (χ0) is 22.9. The summed E-state index contributed by atoms with van der Waals surface area (Å²) in [7, 11) is 1.65. The predicted octanol–water partition coefficient (Wildman–Crippen LogP) is 4.91. The molecule has 1 aliphatic carbocycles. The topological polar surface area (TPSA) is 57.2 Å². The maximum atomic E-state index is 11.0. The molecule has 0 amide bonds. The first-order chi connectivity index (χ1) is 16.2. The van der Waals surface area contributed by atoms with Crippen molar-refractivity contribution in [3.8, 4) is 5.75 Å². The Hall–Kier alpha value is -2.70. The molecule has 4 rings (SSSR count). The molecule has 3 aromatic carbocycles. The highest BCUT2D eigenvalue weighted by Crippen LogP contribution is 2.29. The molecule has 0 radical (unpaired) electrons. The van der Waals surface area contributed by atoms with Gasteiger partial charge in [0.2, 0.25) is 0 Å². The Morgan fingerprint density at radius 2 is 1.21 bits per heavy atom. The third-order valence-electron chi connectivity index (χ3n) is 5.98. The summed E-state index contributed by atoms with van der Waals surface area (Å²) in [5.41, 5.74) is 3.23. The van der Waals surface area contributed by atoms with Crippen LogP contribution < -0.4 is 4.74 Å². The van der Waals surface area contributed by atoms with Crippen LogP contribution >= 0.6 is 0 Å². The van der Waals surface area contributed by atoms with Crippen LogP contribution in [0.1, 0.15) is 29.5 Å². The number of methoxy groups -OCH3 is 1. The molecule has 1 saturated carbocycles. The van der Waals surface area contributed by atoms with E-state index in [4.69, 9.17) is 18.9 Å². The standard InChI is InChI=1S/C28H32O5/c1-30-24-14-12-23(13-15-24)20-33-28-26(29)16-25(31-18-21-8-4-2-5-9-21)17-27(28)32-19-22-10-6-3-7-11-22/h2-15,25-29H,16-20H2,1H3/t25-,26-,27+,28?/m1/s1. The molecule has 1 fully saturated rings. The minimum Gasteiger partial charge on any atom is -0.497 e. The lowest BCUT2D eigenvalue weighted by atomic mass is 9.89. The van der Waals surface area contributed by atoms with Gasteiger partial charge in [-0.25, -0.2) is 0 Å². The highest BCUT2D eigenvalue weighted by Gasteiger charge is 2.39. The van der Waals surface area contributed by atoms with Gasteiger partial charge in [0.05, 0.1) is 45.2 Å². The van der Waals surface area contributed by atoms with Gasteiger partial charge in [0, 0.05) is 12.8 Å². The summed E-state index contributed by atoms with van der Waals surface area (Å²) in [6.07, 6.45) is -0.268. The number of benzene rings is 3. The van der Waals surface area contributed by atoms with Gasteiger partial charge in [-0.05, 0) is 28.8 Å². The van der Waals surface area contributed by atoms with Crippen molar-refractivity contribution in [2.24, 2.45) is 0 Å². The molecule has 0 heterocycles. The van der Waals surface area contributed by atoms with E-state index < -0.39 is 12.2 Å². The minimum atomic E-state index is -0.668. The SMILES string of the molecule is COc1ccc(COC2[C@H](O)C[C@@H](OCc3ccccc3)C[C@@H]2OCc2ccccc2)cc1. The molecule has 1 unspecified atom stereocenters. The molecule has 0 aliphatic heterocycles. The van der Waals surface area contributed by atoms with Gasteiger partial charge in [-0.15, -0.1) is 0 Å². The molecule has 0 aromatic heterocycles. The van der Waals surface area contributed by atoms with Crippen molar-refractivity contribution in [1.82, 2.24) is 0 Å². The van der Waals surface area contributed by atoms with E-state index in [1.165, 1.54) is 0 Å². The fourth-order valence-electron chi connectivity index (χ4n) is 4.14. The molecule has 5 nitrogen and oxygen atoms in total. The molecule has 0 bridgehead atoms. The Morgan fingerprint density at radius 1 is 0.667 bits per heavy atom. The second-order valence-corrected chi connectivity index (χ2v) is 8.42. The first-order valence-corrected chi connectivity index (χ1v) is 11.4. The highest BCUT2D eigenvalue weighted by molar-refractivity contribution is 5.26. The Balaban J connectivity index is 1.39. The summed E-state index contributed by atoms with van der Waals surface area (Å²) in [5.74, 6) is 0.805. The van der Waals surface area contributed by atoms with Gasteiger partial charge >= 0.3 is 0 Å². The van der Waals surface area contributed by atoms with Crippen LogP contribution in [0.3, 0.4) is 0 Å². The second kappa shape index (κ2) is 12.0. The molecule has 0 saturated heterocycles. The first kappa shape index (κ1) is 23.5. The lowest BCUT2D eigenvalue weighted by Gasteiger charge is -2.39. The van der Waals surface area contributed by atoms with Gasteiger partial charge in [0.25, 0.3) is 0 Å². The Morgan fingerprint density at radius 3 is 1.82 bits per heavy atom. The lowest BCUT2D eigenvalue weighted by molar-refractivity contribution is -0.180. The molecule has 33 heavy (non-hydrogen) atoms. The van der Waals surface area contributed by atoms with Gasteiger partial charge in [0.15, 0.2) is 0 Å². The average molecular weight is 449 g/mol. The number of hydrogen-bond acceptors (Lipinski definition) is 5. The van der Waals surface area contributed by atoms with E-state index in [9.17, 15) is 5.11 Å². The van der Waals surface area contributed by atoms with Crippen LogP contribution in [-0.4, -0.2) is 36.6 Å². The summed E-state index contributed by atoms with van der Waals surface area (Å²) in [6, 6.07) is 27.9. The number of aliphatic hydroxyl groups is 1. The summed E-state index contributed by atoms with van der Waals surface area (Å²) in [5, 5.41) is 11.0. The smallest absolute Gasteiger partial charge is 0.118 e. The van der Waals surface area contributed by atoms with Gasteiger partial charge in [-0.2, -0.15) is 0 Å². The van der Waals surface area contributed by atoms with Gasteiger partial charge in [-0.3, -0.25) is 0 Å². The Kier molecular flexibility index (Phi) is 8.50. The second-order valence-electron chi connectivity index (χ2n) is 8.42. The monoisotopic (exact) mass is 448 g/mol. The molecule has 1 N–H and O–H groups in total. The van der Waals surface area contributed by atoms with Gasteiger partial charge in [-0.1, -0.05) is 72.8 Å². The fraction of sp³-hybridized carbons (Fsp3) is 0.357. The summed E-state index contributed by atoms with van der Waals surface area (Å²) >= 11 is 0. The number of aliphatic hydroxyl groups excluding tert-OH is 1. The van der Waals surface area contributed by atoms with Crippen LogP contribution in [0, 0.1) is 0 Å². The quantitative estimate of drug-likeness (QED) is 0.478. The molecule has 0 spiro atoms.